The molecule has 122 valence electrons. The van der Waals surface area contributed by atoms with Gasteiger partial charge in [-0.25, -0.2) is 0 Å². The maximum Gasteiger partial charge on any atom is 0.228 e. The first-order valence-electron chi connectivity index (χ1n) is 8.23. The van der Waals surface area contributed by atoms with Crippen molar-refractivity contribution in [2.75, 3.05) is 12.3 Å². The summed E-state index contributed by atoms with van der Waals surface area (Å²) in [7, 11) is 2.04. The van der Waals surface area contributed by atoms with Crippen LogP contribution in [0.4, 0.5) is 0 Å². The number of hydrogen-bond donors (Lipinski definition) is 0. The Morgan fingerprint density at radius 1 is 1.12 bits per heavy atom. The molecule has 0 aliphatic carbocycles. The number of benzene rings is 2. The molecule has 4 rings (SSSR count). The first kappa shape index (κ1) is 15.3. The normalized spacial score (nSPS) is 17.5. The van der Waals surface area contributed by atoms with Gasteiger partial charge in [-0.2, -0.15) is 0 Å². The number of para-hydroxylation sites is 1. The lowest BCUT2D eigenvalue weighted by Crippen LogP contribution is -2.31. The quantitative estimate of drug-likeness (QED) is 0.722. The Labute approximate surface area is 146 Å². The Balaban J connectivity index is 1.59. The van der Waals surface area contributed by atoms with E-state index in [1.54, 1.807) is 0 Å². The van der Waals surface area contributed by atoms with Crippen LogP contribution < -0.4 is 0 Å². The summed E-state index contributed by atoms with van der Waals surface area (Å²) < 4.78 is 2.10. The number of rotatable bonds is 3. The minimum atomic E-state index is 0.147. The Morgan fingerprint density at radius 3 is 2.71 bits per heavy atom. The summed E-state index contributed by atoms with van der Waals surface area (Å²) in [5.74, 6) is 1.21. The zero-order valence-electron chi connectivity index (χ0n) is 13.7. The second-order valence-corrected chi connectivity index (χ2v) is 7.37. The van der Waals surface area contributed by atoms with Gasteiger partial charge in [0.1, 0.15) is 5.37 Å². The summed E-state index contributed by atoms with van der Waals surface area (Å²) in [5.41, 5.74) is 3.50. The standard InChI is InChI=1S/C20H20N2OS/c1-21-14-16(17-9-5-6-10-18(17)21)13-19(23)22-11-12-24-20(22)15-7-3-2-4-8-15/h2-10,14,20H,11-13H2,1H3. The van der Waals surface area contributed by atoms with Crippen LogP contribution in [0.5, 0.6) is 0 Å². The van der Waals surface area contributed by atoms with Gasteiger partial charge in [-0.05, 0) is 17.2 Å². The first-order valence-corrected chi connectivity index (χ1v) is 9.28. The van der Waals surface area contributed by atoms with Crippen molar-refractivity contribution in [1.29, 1.82) is 0 Å². The predicted molar refractivity (Wildman–Crippen MR) is 100.0 cm³/mol. The van der Waals surface area contributed by atoms with E-state index in [4.69, 9.17) is 0 Å². The Hall–Kier alpha value is -2.20. The molecule has 1 atom stereocenters. The summed E-state index contributed by atoms with van der Waals surface area (Å²) >= 11 is 1.85. The van der Waals surface area contributed by atoms with E-state index in [0.29, 0.717) is 6.42 Å². The predicted octanol–water partition coefficient (Wildman–Crippen LogP) is 4.00. The summed E-state index contributed by atoms with van der Waals surface area (Å²) in [6.45, 7) is 0.827. The van der Waals surface area contributed by atoms with E-state index >= 15 is 0 Å². The van der Waals surface area contributed by atoms with Gasteiger partial charge in [0.05, 0.1) is 6.42 Å². The van der Waals surface area contributed by atoms with Gasteiger partial charge in [0.15, 0.2) is 0 Å². The SMILES string of the molecule is Cn1cc(CC(=O)N2CCSC2c2ccccc2)c2ccccc21. The molecule has 0 radical (unpaired) electrons. The van der Waals surface area contributed by atoms with Gasteiger partial charge >= 0.3 is 0 Å². The minimum Gasteiger partial charge on any atom is -0.350 e. The number of aromatic nitrogens is 1. The molecule has 1 aliphatic rings. The van der Waals surface area contributed by atoms with Crippen LogP contribution in [0, 0.1) is 0 Å². The van der Waals surface area contributed by atoms with E-state index in [1.165, 1.54) is 16.5 Å². The van der Waals surface area contributed by atoms with Gasteiger partial charge in [-0.1, -0.05) is 48.5 Å². The van der Waals surface area contributed by atoms with Gasteiger partial charge in [0.25, 0.3) is 0 Å². The monoisotopic (exact) mass is 336 g/mol. The Bertz CT molecular complexity index is 872. The molecule has 3 nitrogen and oxygen atoms in total. The molecule has 2 aromatic carbocycles. The van der Waals surface area contributed by atoms with E-state index < -0.39 is 0 Å². The van der Waals surface area contributed by atoms with Crippen molar-refractivity contribution < 1.29 is 4.79 Å². The third-order valence-corrected chi connectivity index (χ3v) is 5.88. The van der Waals surface area contributed by atoms with Crippen molar-refractivity contribution in [3.8, 4) is 0 Å². The molecule has 1 unspecified atom stereocenters. The number of nitrogens with zero attached hydrogens (tertiary/aromatic N) is 2. The van der Waals surface area contributed by atoms with Crippen molar-refractivity contribution in [3.05, 3.63) is 71.9 Å². The van der Waals surface area contributed by atoms with Crippen molar-refractivity contribution in [2.24, 2.45) is 7.05 Å². The molecule has 1 saturated heterocycles. The molecule has 3 aromatic rings. The fourth-order valence-electron chi connectivity index (χ4n) is 3.45. The topological polar surface area (TPSA) is 25.2 Å². The smallest absolute Gasteiger partial charge is 0.228 e. The van der Waals surface area contributed by atoms with E-state index in [9.17, 15) is 4.79 Å². The molecule has 0 spiro atoms. The largest absolute Gasteiger partial charge is 0.350 e. The molecule has 1 aromatic heterocycles. The fraction of sp³-hybridized carbons (Fsp3) is 0.250. The van der Waals surface area contributed by atoms with Crippen molar-refractivity contribution in [1.82, 2.24) is 9.47 Å². The van der Waals surface area contributed by atoms with Crippen LogP contribution in [0.1, 0.15) is 16.5 Å². The van der Waals surface area contributed by atoms with Crippen LogP contribution in [0.3, 0.4) is 0 Å². The number of thioether (sulfide) groups is 1. The van der Waals surface area contributed by atoms with Gasteiger partial charge in [-0.3, -0.25) is 4.79 Å². The maximum atomic E-state index is 13.0. The highest BCUT2D eigenvalue weighted by molar-refractivity contribution is 7.99. The lowest BCUT2D eigenvalue weighted by Gasteiger charge is -2.24. The second-order valence-electron chi connectivity index (χ2n) is 6.18. The molecule has 0 bridgehead atoms. The summed E-state index contributed by atoms with van der Waals surface area (Å²) in [6.07, 6.45) is 2.55. The van der Waals surface area contributed by atoms with Crippen LogP contribution in [0.15, 0.2) is 60.8 Å². The summed E-state index contributed by atoms with van der Waals surface area (Å²) in [5, 5.41) is 1.32. The van der Waals surface area contributed by atoms with E-state index in [0.717, 1.165) is 17.9 Å². The van der Waals surface area contributed by atoms with E-state index in [-0.39, 0.29) is 11.3 Å². The number of carbonyl (C=O) groups is 1. The number of hydrogen-bond acceptors (Lipinski definition) is 2. The van der Waals surface area contributed by atoms with Gasteiger partial charge in [0, 0.05) is 36.4 Å². The lowest BCUT2D eigenvalue weighted by molar-refractivity contribution is -0.130. The zero-order valence-corrected chi connectivity index (χ0v) is 14.5. The van der Waals surface area contributed by atoms with Crippen LogP contribution in [0.2, 0.25) is 0 Å². The Morgan fingerprint density at radius 2 is 1.88 bits per heavy atom. The molecule has 2 heterocycles. The third-order valence-electron chi connectivity index (χ3n) is 4.62. The van der Waals surface area contributed by atoms with Gasteiger partial charge in [-0.15, -0.1) is 11.8 Å². The number of fused-ring (bicyclic) bond motifs is 1. The molecule has 24 heavy (non-hydrogen) atoms. The number of aryl methyl sites for hydroxylation is 1. The van der Waals surface area contributed by atoms with E-state index in [1.807, 2.05) is 54.0 Å². The van der Waals surface area contributed by atoms with Gasteiger partial charge in [0.2, 0.25) is 5.91 Å². The fourth-order valence-corrected chi connectivity index (χ4v) is 4.73. The average molecular weight is 336 g/mol. The molecular weight excluding hydrogens is 316 g/mol. The first-order chi connectivity index (χ1) is 11.7. The highest BCUT2D eigenvalue weighted by Gasteiger charge is 2.30. The van der Waals surface area contributed by atoms with Crippen molar-refractivity contribution in [3.63, 3.8) is 0 Å². The molecule has 1 amide bonds. The molecule has 0 N–H and O–H groups in total. The molecule has 1 aliphatic heterocycles. The molecule has 1 fully saturated rings. The van der Waals surface area contributed by atoms with Gasteiger partial charge < -0.3 is 9.47 Å². The van der Waals surface area contributed by atoms with Crippen LogP contribution in [-0.2, 0) is 18.3 Å². The molecular formula is C20H20N2OS. The summed E-state index contributed by atoms with van der Waals surface area (Å²) in [6, 6.07) is 18.6. The Kier molecular flexibility index (Phi) is 4.07. The second kappa shape index (κ2) is 6.36. The lowest BCUT2D eigenvalue weighted by atomic mass is 10.1. The third kappa shape index (κ3) is 2.71. The summed E-state index contributed by atoms with van der Waals surface area (Å²) in [4.78, 5) is 15.0. The van der Waals surface area contributed by atoms with Crippen LogP contribution in [0.25, 0.3) is 10.9 Å². The van der Waals surface area contributed by atoms with Crippen LogP contribution in [-0.4, -0.2) is 27.7 Å². The zero-order chi connectivity index (χ0) is 16.5. The molecule has 4 heteroatoms. The highest BCUT2D eigenvalue weighted by atomic mass is 32.2. The van der Waals surface area contributed by atoms with E-state index in [2.05, 4.69) is 35.0 Å². The molecule has 0 saturated carbocycles. The average Bonchev–Trinajstić information content (AvgIpc) is 3.22. The maximum absolute atomic E-state index is 13.0. The highest BCUT2D eigenvalue weighted by Crippen LogP contribution is 2.38. The number of carbonyl (C=O) groups excluding carboxylic acids is 1. The number of amides is 1. The van der Waals surface area contributed by atoms with Crippen molar-refractivity contribution in [2.45, 2.75) is 11.8 Å². The minimum absolute atomic E-state index is 0.147. The van der Waals surface area contributed by atoms with Crippen LogP contribution >= 0.6 is 11.8 Å². The van der Waals surface area contributed by atoms with Crippen molar-refractivity contribution >= 4 is 28.6 Å².